The van der Waals surface area contributed by atoms with Crippen LogP contribution in [0.1, 0.15) is 12.0 Å². The van der Waals surface area contributed by atoms with Crippen LogP contribution in [0.15, 0.2) is 53.4 Å². The van der Waals surface area contributed by atoms with Gasteiger partial charge < -0.3 is 9.64 Å². The van der Waals surface area contributed by atoms with Crippen molar-refractivity contribution in [2.24, 2.45) is 0 Å². The number of sulfonamides is 1. The molecule has 24 heavy (non-hydrogen) atoms. The van der Waals surface area contributed by atoms with E-state index in [1.165, 1.54) is 11.3 Å². The van der Waals surface area contributed by atoms with E-state index in [4.69, 9.17) is 4.74 Å². The monoisotopic (exact) mass is 346 g/mol. The number of anilines is 1. The van der Waals surface area contributed by atoms with Crippen LogP contribution in [0.5, 0.6) is 5.75 Å². The Kier molecular flexibility index (Phi) is 5.06. The molecule has 1 N–H and O–H groups in total. The van der Waals surface area contributed by atoms with Crippen LogP contribution in [0.4, 0.5) is 5.69 Å². The molecule has 0 saturated heterocycles. The van der Waals surface area contributed by atoms with Gasteiger partial charge in [0.1, 0.15) is 5.75 Å². The number of nitrogens with one attached hydrogen (secondary N) is 1. The maximum atomic E-state index is 12.3. The lowest BCUT2D eigenvalue weighted by atomic mass is 10.2. The summed E-state index contributed by atoms with van der Waals surface area (Å²) < 4.78 is 32.2. The highest BCUT2D eigenvalue weighted by molar-refractivity contribution is 7.89. The van der Waals surface area contributed by atoms with Gasteiger partial charge in [0, 0.05) is 25.3 Å². The molecule has 0 saturated carbocycles. The van der Waals surface area contributed by atoms with E-state index in [1.807, 2.05) is 6.07 Å². The molecule has 128 valence electrons. The van der Waals surface area contributed by atoms with E-state index in [9.17, 15) is 8.42 Å². The number of fused-ring (bicyclic) bond motifs is 1. The van der Waals surface area contributed by atoms with Crippen molar-refractivity contribution in [3.8, 4) is 5.75 Å². The molecule has 0 atom stereocenters. The predicted octanol–water partition coefficient (Wildman–Crippen LogP) is 2.43. The Morgan fingerprint density at radius 1 is 1.12 bits per heavy atom. The molecule has 0 spiro atoms. The van der Waals surface area contributed by atoms with Gasteiger partial charge in [-0.05, 0) is 48.7 Å². The Labute approximate surface area is 143 Å². The minimum absolute atomic E-state index is 0.259. The summed E-state index contributed by atoms with van der Waals surface area (Å²) in [6.45, 7) is 2.28. The third-order valence-corrected chi connectivity index (χ3v) is 5.73. The number of hydrogen-bond acceptors (Lipinski definition) is 4. The highest BCUT2D eigenvalue weighted by Gasteiger charge is 2.18. The SMILES string of the molecule is COc1ccc(S(=O)(=O)NCCCN2CCc3ccccc32)cc1. The van der Waals surface area contributed by atoms with E-state index in [2.05, 4.69) is 27.8 Å². The molecule has 0 radical (unpaired) electrons. The minimum atomic E-state index is -3.47. The molecular weight excluding hydrogens is 324 g/mol. The van der Waals surface area contributed by atoms with Gasteiger partial charge in [0.05, 0.1) is 12.0 Å². The number of hydrogen-bond donors (Lipinski definition) is 1. The van der Waals surface area contributed by atoms with Gasteiger partial charge in [0.15, 0.2) is 0 Å². The van der Waals surface area contributed by atoms with Gasteiger partial charge in [-0.1, -0.05) is 18.2 Å². The summed E-state index contributed by atoms with van der Waals surface area (Å²) in [5, 5.41) is 0. The topological polar surface area (TPSA) is 58.6 Å². The van der Waals surface area contributed by atoms with Crippen LogP contribution in [0.2, 0.25) is 0 Å². The number of nitrogens with zero attached hydrogens (tertiary/aromatic N) is 1. The Morgan fingerprint density at radius 3 is 2.62 bits per heavy atom. The van der Waals surface area contributed by atoms with Crippen molar-refractivity contribution < 1.29 is 13.2 Å². The van der Waals surface area contributed by atoms with E-state index >= 15 is 0 Å². The quantitative estimate of drug-likeness (QED) is 0.782. The highest BCUT2D eigenvalue weighted by atomic mass is 32.2. The molecule has 1 aliphatic heterocycles. The number of rotatable bonds is 7. The average molecular weight is 346 g/mol. The first-order chi connectivity index (χ1) is 11.6. The van der Waals surface area contributed by atoms with Crippen molar-refractivity contribution >= 4 is 15.7 Å². The van der Waals surface area contributed by atoms with E-state index in [1.54, 1.807) is 31.4 Å². The third kappa shape index (κ3) is 3.71. The first-order valence-corrected chi connectivity index (χ1v) is 9.55. The summed E-state index contributed by atoms with van der Waals surface area (Å²) in [5.41, 5.74) is 2.65. The second-order valence-electron chi connectivity index (χ2n) is 5.79. The second-order valence-corrected chi connectivity index (χ2v) is 7.56. The molecule has 1 aliphatic rings. The third-order valence-electron chi connectivity index (χ3n) is 4.25. The number of para-hydroxylation sites is 1. The van der Waals surface area contributed by atoms with E-state index < -0.39 is 10.0 Å². The lowest BCUT2D eigenvalue weighted by Crippen LogP contribution is -2.29. The summed E-state index contributed by atoms with van der Waals surface area (Å²) >= 11 is 0. The fourth-order valence-corrected chi connectivity index (χ4v) is 4.03. The molecule has 2 aromatic carbocycles. The molecular formula is C18H22N2O3S. The van der Waals surface area contributed by atoms with Gasteiger partial charge in [0.25, 0.3) is 0 Å². The van der Waals surface area contributed by atoms with Crippen molar-refractivity contribution in [2.75, 3.05) is 31.6 Å². The lowest BCUT2D eigenvalue weighted by Gasteiger charge is -2.19. The highest BCUT2D eigenvalue weighted by Crippen LogP contribution is 2.27. The molecule has 3 rings (SSSR count). The standard InChI is InChI=1S/C18H22N2O3S/c1-23-16-7-9-17(10-8-16)24(21,22)19-12-4-13-20-14-11-15-5-2-3-6-18(15)20/h2-3,5-10,19H,4,11-14H2,1H3. The fourth-order valence-electron chi connectivity index (χ4n) is 2.95. The lowest BCUT2D eigenvalue weighted by molar-refractivity contribution is 0.414. The van der Waals surface area contributed by atoms with Gasteiger partial charge in [-0.15, -0.1) is 0 Å². The van der Waals surface area contributed by atoms with Crippen molar-refractivity contribution in [1.29, 1.82) is 0 Å². The maximum Gasteiger partial charge on any atom is 0.240 e. The number of benzene rings is 2. The average Bonchev–Trinajstić information content (AvgIpc) is 3.02. The Bertz CT molecular complexity index is 788. The van der Waals surface area contributed by atoms with Crippen LogP contribution in [0.3, 0.4) is 0 Å². The zero-order chi connectivity index (χ0) is 17.0. The first-order valence-electron chi connectivity index (χ1n) is 8.07. The summed E-state index contributed by atoms with van der Waals surface area (Å²) in [5.74, 6) is 0.640. The number of ether oxygens (including phenoxy) is 1. The molecule has 0 aliphatic carbocycles. The van der Waals surface area contributed by atoms with Crippen LogP contribution < -0.4 is 14.4 Å². The Morgan fingerprint density at radius 2 is 1.88 bits per heavy atom. The van der Waals surface area contributed by atoms with Crippen molar-refractivity contribution in [1.82, 2.24) is 4.72 Å². The smallest absolute Gasteiger partial charge is 0.240 e. The second kappa shape index (κ2) is 7.23. The van der Waals surface area contributed by atoms with E-state index in [0.717, 1.165) is 25.9 Å². The van der Waals surface area contributed by atoms with E-state index in [-0.39, 0.29) is 4.90 Å². The summed E-state index contributed by atoms with van der Waals surface area (Å²) in [4.78, 5) is 2.58. The molecule has 2 aromatic rings. The van der Waals surface area contributed by atoms with Gasteiger partial charge in [-0.2, -0.15) is 0 Å². The van der Waals surface area contributed by atoms with Crippen LogP contribution in [-0.2, 0) is 16.4 Å². The summed E-state index contributed by atoms with van der Waals surface area (Å²) in [6.07, 6.45) is 1.83. The van der Waals surface area contributed by atoms with Crippen molar-refractivity contribution in [3.05, 3.63) is 54.1 Å². The van der Waals surface area contributed by atoms with Gasteiger partial charge in [-0.25, -0.2) is 13.1 Å². The molecule has 0 amide bonds. The summed E-state index contributed by atoms with van der Waals surface area (Å²) in [6, 6.07) is 14.8. The maximum absolute atomic E-state index is 12.3. The molecule has 0 fully saturated rings. The molecule has 6 heteroatoms. The Balaban J connectivity index is 1.51. The van der Waals surface area contributed by atoms with Crippen molar-refractivity contribution in [3.63, 3.8) is 0 Å². The van der Waals surface area contributed by atoms with Gasteiger partial charge in [-0.3, -0.25) is 0 Å². The predicted molar refractivity (Wildman–Crippen MR) is 95.2 cm³/mol. The van der Waals surface area contributed by atoms with Crippen LogP contribution in [0.25, 0.3) is 0 Å². The minimum Gasteiger partial charge on any atom is -0.497 e. The largest absolute Gasteiger partial charge is 0.497 e. The Hall–Kier alpha value is -2.05. The van der Waals surface area contributed by atoms with E-state index in [0.29, 0.717) is 12.3 Å². The zero-order valence-corrected chi connectivity index (χ0v) is 14.6. The zero-order valence-electron chi connectivity index (χ0n) is 13.7. The summed E-state index contributed by atoms with van der Waals surface area (Å²) in [7, 11) is -1.91. The fraction of sp³-hybridized carbons (Fsp3) is 0.333. The normalized spacial score (nSPS) is 13.8. The van der Waals surface area contributed by atoms with Crippen LogP contribution >= 0.6 is 0 Å². The molecule has 5 nitrogen and oxygen atoms in total. The van der Waals surface area contributed by atoms with Crippen LogP contribution in [0, 0.1) is 0 Å². The van der Waals surface area contributed by atoms with Gasteiger partial charge in [0.2, 0.25) is 10.0 Å². The number of methoxy groups -OCH3 is 1. The molecule has 0 aromatic heterocycles. The molecule has 1 heterocycles. The van der Waals surface area contributed by atoms with Crippen molar-refractivity contribution in [2.45, 2.75) is 17.7 Å². The van der Waals surface area contributed by atoms with Crippen LogP contribution in [-0.4, -0.2) is 35.2 Å². The molecule has 0 unspecified atom stereocenters. The van der Waals surface area contributed by atoms with Gasteiger partial charge >= 0.3 is 0 Å². The molecule has 0 bridgehead atoms. The first kappa shape index (κ1) is 16.8.